The lowest BCUT2D eigenvalue weighted by Gasteiger charge is -2.35. The van der Waals surface area contributed by atoms with Crippen molar-refractivity contribution in [2.75, 3.05) is 4.90 Å². The SMILES string of the molecule is CC(=O)N1c2ccc(-c3cnn(C4CC4)c3)c(Oc3nccc4ccccc34)c2CC[C@@H]1C. The normalized spacial score (nSPS) is 17.8. The summed E-state index contributed by atoms with van der Waals surface area (Å²) in [5.74, 6) is 1.39. The number of amides is 1. The van der Waals surface area contributed by atoms with Crippen molar-refractivity contribution in [2.45, 2.75) is 51.6 Å². The van der Waals surface area contributed by atoms with E-state index in [-0.39, 0.29) is 11.9 Å². The molecule has 166 valence electrons. The predicted octanol–water partition coefficient (Wildman–Crippen LogP) is 5.91. The molecule has 1 aliphatic heterocycles. The Kier molecular flexibility index (Phi) is 4.68. The summed E-state index contributed by atoms with van der Waals surface area (Å²) in [6.07, 6.45) is 9.89. The van der Waals surface area contributed by atoms with Crippen molar-refractivity contribution < 1.29 is 9.53 Å². The Balaban J connectivity index is 1.53. The highest BCUT2D eigenvalue weighted by Crippen LogP contribution is 2.45. The lowest BCUT2D eigenvalue weighted by Crippen LogP contribution is -2.40. The monoisotopic (exact) mass is 438 g/mol. The van der Waals surface area contributed by atoms with E-state index in [0.29, 0.717) is 11.9 Å². The average molecular weight is 439 g/mol. The van der Waals surface area contributed by atoms with Gasteiger partial charge >= 0.3 is 0 Å². The Hall–Kier alpha value is -3.67. The van der Waals surface area contributed by atoms with Crippen LogP contribution in [0.4, 0.5) is 5.69 Å². The van der Waals surface area contributed by atoms with E-state index in [1.54, 1.807) is 13.1 Å². The van der Waals surface area contributed by atoms with E-state index in [2.05, 4.69) is 46.1 Å². The fourth-order valence-corrected chi connectivity index (χ4v) is 4.91. The van der Waals surface area contributed by atoms with Crippen molar-refractivity contribution in [2.24, 2.45) is 0 Å². The first kappa shape index (κ1) is 20.0. The van der Waals surface area contributed by atoms with Gasteiger partial charge in [-0.2, -0.15) is 5.10 Å². The first-order valence-electron chi connectivity index (χ1n) is 11.6. The number of carbonyl (C=O) groups excluding carboxylic acids is 1. The molecule has 33 heavy (non-hydrogen) atoms. The van der Waals surface area contributed by atoms with Crippen molar-refractivity contribution in [3.05, 3.63) is 66.6 Å². The van der Waals surface area contributed by atoms with E-state index >= 15 is 0 Å². The maximum atomic E-state index is 12.5. The molecule has 4 aromatic rings. The Morgan fingerprint density at radius 3 is 2.76 bits per heavy atom. The first-order valence-corrected chi connectivity index (χ1v) is 11.6. The molecule has 0 spiro atoms. The second-order valence-electron chi connectivity index (χ2n) is 9.10. The maximum Gasteiger partial charge on any atom is 0.227 e. The third-order valence-corrected chi connectivity index (χ3v) is 6.76. The van der Waals surface area contributed by atoms with Gasteiger partial charge in [-0.1, -0.05) is 18.2 Å². The van der Waals surface area contributed by atoms with Gasteiger partial charge in [0.25, 0.3) is 0 Å². The van der Waals surface area contributed by atoms with Gasteiger partial charge in [0, 0.05) is 47.4 Å². The number of fused-ring (bicyclic) bond motifs is 2. The van der Waals surface area contributed by atoms with E-state index in [1.807, 2.05) is 35.4 Å². The Bertz CT molecular complexity index is 1370. The zero-order valence-corrected chi connectivity index (χ0v) is 18.9. The fraction of sp³-hybridized carbons (Fsp3) is 0.296. The Morgan fingerprint density at radius 2 is 1.94 bits per heavy atom. The van der Waals surface area contributed by atoms with Crippen LogP contribution in [0.3, 0.4) is 0 Å². The summed E-state index contributed by atoms with van der Waals surface area (Å²) >= 11 is 0. The number of ether oxygens (including phenoxy) is 1. The highest BCUT2D eigenvalue weighted by Gasteiger charge is 2.31. The van der Waals surface area contributed by atoms with Gasteiger partial charge in [-0.05, 0) is 62.3 Å². The number of anilines is 1. The van der Waals surface area contributed by atoms with Crippen LogP contribution in [0.25, 0.3) is 21.9 Å². The lowest BCUT2D eigenvalue weighted by atomic mass is 9.92. The van der Waals surface area contributed by atoms with Crippen LogP contribution in [0.5, 0.6) is 11.6 Å². The van der Waals surface area contributed by atoms with E-state index in [0.717, 1.165) is 51.7 Å². The van der Waals surface area contributed by atoms with Gasteiger partial charge in [0.2, 0.25) is 11.8 Å². The van der Waals surface area contributed by atoms with Gasteiger partial charge in [-0.25, -0.2) is 4.98 Å². The van der Waals surface area contributed by atoms with Crippen LogP contribution in [0, 0.1) is 0 Å². The van der Waals surface area contributed by atoms with Gasteiger partial charge in [-0.15, -0.1) is 0 Å². The molecule has 6 rings (SSSR count). The van der Waals surface area contributed by atoms with Crippen molar-refractivity contribution in [3.8, 4) is 22.8 Å². The number of nitrogens with zero attached hydrogens (tertiary/aromatic N) is 4. The molecule has 1 saturated carbocycles. The van der Waals surface area contributed by atoms with Crippen LogP contribution in [0.2, 0.25) is 0 Å². The minimum atomic E-state index is 0.0481. The minimum Gasteiger partial charge on any atom is -0.437 e. The van der Waals surface area contributed by atoms with Crippen molar-refractivity contribution >= 4 is 22.4 Å². The molecule has 0 unspecified atom stereocenters. The summed E-state index contributed by atoms with van der Waals surface area (Å²) in [5.41, 5.74) is 3.98. The second kappa shape index (κ2) is 7.73. The van der Waals surface area contributed by atoms with E-state index in [1.165, 1.54) is 12.8 Å². The highest BCUT2D eigenvalue weighted by atomic mass is 16.5. The standard InChI is InChI=1S/C27H26N4O2/c1-17-7-10-24-25(31(17)18(2)32)12-11-22(20-15-29-30(16-20)21-8-9-21)26(24)33-27-23-6-4-3-5-19(23)13-14-28-27/h3-6,11-17,21H,7-10H2,1-2H3/t17-/m0/s1. The molecular weight excluding hydrogens is 412 g/mol. The second-order valence-corrected chi connectivity index (χ2v) is 9.10. The summed E-state index contributed by atoms with van der Waals surface area (Å²) in [6.45, 7) is 3.73. The molecule has 1 aliphatic carbocycles. The number of hydrogen-bond acceptors (Lipinski definition) is 4. The first-order chi connectivity index (χ1) is 16.1. The molecule has 1 fully saturated rings. The fourth-order valence-electron chi connectivity index (χ4n) is 4.91. The number of hydrogen-bond donors (Lipinski definition) is 0. The third-order valence-electron chi connectivity index (χ3n) is 6.76. The largest absolute Gasteiger partial charge is 0.437 e. The Morgan fingerprint density at radius 1 is 1.09 bits per heavy atom. The van der Waals surface area contributed by atoms with Crippen LogP contribution < -0.4 is 9.64 Å². The molecule has 6 heteroatoms. The zero-order valence-electron chi connectivity index (χ0n) is 18.9. The molecule has 2 aliphatic rings. The van der Waals surface area contributed by atoms with Gasteiger partial charge in [0.05, 0.1) is 17.9 Å². The molecule has 0 bridgehead atoms. The molecule has 0 N–H and O–H groups in total. The number of carbonyl (C=O) groups is 1. The van der Waals surface area contributed by atoms with Crippen LogP contribution in [-0.4, -0.2) is 26.7 Å². The summed E-state index contributed by atoms with van der Waals surface area (Å²) < 4.78 is 8.69. The van der Waals surface area contributed by atoms with Gasteiger partial charge in [0.15, 0.2) is 0 Å². The summed E-state index contributed by atoms with van der Waals surface area (Å²) in [5, 5.41) is 6.64. The maximum absolute atomic E-state index is 12.5. The molecule has 1 atom stereocenters. The smallest absolute Gasteiger partial charge is 0.227 e. The number of pyridine rings is 1. The minimum absolute atomic E-state index is 0.0481. The summed E-state index contributed by atoms with van der Waals surface area (Å²) in [6, 6.07) is 14.9. The highest BCUT2D eigenvalue weighted by molar-refractivity contribution is 5.95. The van der Waals surface area contributed by atoms with Gasteiger partial charge < -0.3 is 9.64 Å². The van der Waals surface area contributed by atoms with Crippen LogP contribution in [0.15, 0.2) is 61.1 Å². The summed E-state index contributed by atoms with van der Waals surface area (Å²) in [7, 11) is 0. The van der Waals surface area contributed by atoms with E-state index in [9.17, 15) is 4.79 Å². The molecule has 2 aromatic heterocycles. The van der Waals surface area contributed by atoms with Crippen molar-refractivity contribution in [3.63, 3.8) is 0 Å². The third kappa shape index (κ3) is 3.46. The molecular formula is C27H26N4O2. The Labute approximate surface area is 192 Å². The lowest BCUT2D eigenvalue weighted by molar-refractivity contribution is -0.117. The molecule has 0 radical (unpaired) electrons. The number of rotatable bonds is 4. The van der Waals surface area contributed by atoms with Crippen molar-refractivity contribution in [1.29, 1.82) is 0 Å². The van der Waals surface area contributed by atoms with Gasteiger partial charge in [-0.3, -0.25) is 9.48 Å². The zero-order chi connectivity index (χ0) is 22.5. The molecule has 3 heterocycles. The number of benzene rings is 2. The summed E-state index contributed by atoms with van der Waals surface area (Å²) in [4.78, 5) is 19.0. The molecule has 1 amide bonds. The number of aromatic nitrogens is 3. The predicted molar refractivity (Wildman–Crippen MR) is 129 cm³/mol. The van der Waals surface area contributed by atoms with Crippen LogP contribution >= 0.6 is 0 Å². The molecule has 2 aromatic carbocycles. The van der Waals surface area contributed by atoms with Crippen LogP contribution in [0.1, 0.15) is 44.7 Å². The van der Waals surface area contributed by atoms with Crippen molar-refractivity contribution in [1.82, 2.24) is 14.8 Å². The van der Waals surface area contributed by atoms with Gasteiger partial charge in [0.1, 0.15) is 5.75 Å². The van der Waals surface area contributed by atoms with E-state index in [4.69, 9.17) is 4.74 Å². The van der Waals surface area contributed by atoms with E-state index < -0.39 is 0 Å². The average Bonchev–Trinajstić information content (AvgIpc) is 3.56. The molecule has 6 nitrogen and oxygen atoms in total. The quantitative estimate of drug-likeness (QED) is 0.397. The molecule has 0 saturated heterocycles. The topological polar surface area (TPSA) is 60.2 Å². The van der Waals surface area contributed by atoms with Crippen LogP contribution in [-0.2, 0) is 11.2 Å².